The molecule has 2 N–H and O–H groups in total. The topological polar surface area (TPSA) is 93.1 Å². The molecule has 1 aromatic heterocycles. The molecular weight excluding hydrogens is 351 g/mol. The van der Waals surface area contributed by atoms with E-state index in [0.717, 1.165) is 5.56 Å². The smallest absolute Gasteiger partial charge is 0.261 e. The van der Waals surface area contributed by atoms with Crippen molar-refractivity contribution in [3.05, 3.63) is 76.6 Å². The standard InChI is InChI=1S/C19H17FN4O3/c20-14-7-5-13(6-8-14)9-21-17(25)10-22-18(26)11-24-12-23-16-4-2-1-3-15(16)19(24)27/h1-8,12H,9-11H2,(H,21,25)(H,22,26). The van der Waals surface area contributed by atoms with Crippen molar-refractivity contribution in [2.75, 3.05) is 6.54 Å². The number of rotatable bonds is 6. The summed E-state index contributed by atoms with van der Waals surface area (Å²) in [5.41, 5.74) is 0.973. The summed E-state index contributed by atoms with van der Waals surface area (Å²) in [7, 11) is 0. The fourth-order valence-electron chi connectivity index (χ4n) is 2.47. The molecule has 27 heavy (non-hydrogen) atoms. The average Bonchev–Trinajstić information content (AvgIpc) is 2.68. The number of hydrogen-bond donors (Lipinski definition) is 2. The summed E-state index contributed by atoms with van der Waals surface area (Å²) in [6.45, 7) is -0.235. The predicted octanol–water partition coefficient (Wildman–Crippen LogP) is 0.968. The summed E-state index contributed by atoms with van der Waals surface area (Å²) in [4.78, 5) is 40.3. The van der Waals surface area contributed by atoms with Gasteiger partial charge in [-0.05, 0) is 29.8 Å². The van der Waals surface area contributed by atoms with E-state index in [-0.39, 0.29) is 31.0 Å². The van der Waals surface area contributed by atoms with Gasteiger partial charge in [-0.3, -0.25) is 19.0 Å². The number of nitrogens with zero attached hydrogens (tertiary/aromatic N) is 2. The number of amides is 2. The van der Waals surface area contributed by atoms with Crippen LogP contribution in [0.15, 0.2) is 59.7 Å². The zero-order valence-electron chi connectivity index (χ0n) is 14.3. The first kappa shape index (κ1) is 18.2. The molecule has 1 heterocycles. The first-order valence-corrected chi connectivity index (χ1v) is 8.25. The number of nitrogens with one attached hydrogen (secondary N) is 2. The lowest BCUT2D eigenvalue weighted by atomic mass is 10.2. The molecule has 2 amide bonds. The van der Waals surface area contributed by atoms with Gasteiger partial charge in [0.05, 0.1) is 23.8 Å². The second kappa shape index (κ2) is 8.22. The molecule has 0 radical (unpaired) electrons. The van der Waals surface area contributed by atoms with E-state index in [0.29, 0.717) is 10.9 Å². The Bertz CT molecular complexity index is 1030. The molecule has 0 fully saturated rings. The summed E-state index contributed by atoms with van der Waals surface area (Å²) >= 11 is 0. The highest BCUT2D eigenvalue weighted by molar-refractivity contribution is 5.84. The first-order chi connectivity index (χ1) is 13.0. The van der Waals surface area contributed by atoms with Crippen LogP contribution in [-0.4, -0.2) is 27.9 Å². The van der Waals surface area contributed by atoms with Gasteiger partial charge in [0.25, 0.3) is 5.56 Å². The molecule has 0 aliphatic heterocycles. The molecule has 0 saturated heterocycles. The van der Waals surface area contributed by atoms with Crippen LogP contribution in [0.1, 0.15) is 5.56 Å². The minimum absolute atomic E-state index is 0.225. The van der Waals surface area contributed by atoms with Crippen LogP contribution in [0.5, 0.6) is 0 Å². The summed E-state index contributed by atoms with van der Waals surface area (Å²) in [5, 5.41) is 5.49. The van der Waals surface area contributed by atoms with Crippen LogP contribution >= 0.6 is 0 Å². The van der Waals surface area contributed by atoms with Crippen LogP contribution in [-0.2, 0) is 22.7 Å². The molecule has 138 valence electrons. The van der Waals surface area contributed by atoms with Crippen LogP contribution < -0.4 is 16.2 Å². The maximum atomic E-state index is 12.8. The molecular formula is C19H17FN4O3. The van der Waals surface area contributed by atoms with Crippen molar-refractivity contribution in [3.63, 3.8) is 0 Å². The Morgan fingerprint density at radius 1 is 1.00 bits per heavy atom. The fourth-order valence-corrected chi connectivity index (χ4v) is 2.47. The monoisotopic (exact) mass is 368 g/mol. The van der Waals surface area contributed by atoms with Gasteiger partial charge in [-0.15, -0.1) is 0 Å². The van der Waals surface area contributed by atoms with E-state index in [1.54, 1.807) is 36.4 Å². The van der Waals surface area contributed by atoms with E-state index in [9.17, 15) is 18.8 Å². The van der Waals surface area contributed by atoms with Crippen molar-refractivity contribution in [3.8, 4) is 0 Å². The molecule has 3 rings (SSSR count). The van der Waals surface area contributed by atoms with Gasteiger partial charge < -0.3 is 10.6 Å². The third-order valence-electron chi connectivity index (χ3n) is 3.89. The van der Waals surface area contributed by atoms with E-state index in [4.69, 9.17) is 0 Å². The highest BCUT2D eigenvalue weighted by Crippen LogP contribution is 2.04. The van der Waals surface area contributed by atoms with Crippen molar-refractivity contribution in [2.24, 2.45) is 0 Å². The molecule has 0 saturated carbocycles. The first-order valence-electron chi connectivity index (χ1n) is 8.25. The van der Waals surface area contributed by atoms with Crippen LogP contribution in [0.3, 0.4) is 0 Å². The molecule has 0 spiro atoms. The SMILES string of the molecule is O=C(CNC(=O)Cn1cnc2ccccc2c1=O)NCc1ccc(F)cc1. The van der Waals surface area contributed by atoms with Gasteiger partial charge in [0.15, 0.2) is 0 Å². The minimum atomic E-state index is -0.480. The number of carbonyl (C=O) groups is 2. The van der Waals surface area contributed by atoms with E-state index >= 15 is 0 Å². The van der Waals surface area contributed by atoms with Gasteiger partial charge >= 0.3 is 0 Å². The van der Waals surface area contributed by atoms with Crippen molar-refractivity contribution < 1.29 is 14.0 Å². The number of para-hydroxylation sites is 1. The zero-order chi connectivity index (χ0) is 19.2. The quantitative estimate of drug-likeness (QED) is 0.678. The maximum absolute atomic E-state index is 12.8. The average molecular weight is 368 g/mol. The van der Waals surface area contributed by atoms with Gasteiger partial charge in [-0.25, -0.2) is 9.37 Å². The zero-order valence-corrected chi connectivity index (χ0v) is 14.3. The van der Waals surface area contributed by atoms with Crippen LogP contribution in [0.4, 0.5) is 4.39 Å². The van der Waals surface area contributed by atoms with Crippen LogP contribution in [0.25, 0.3) is 10.9 Å². The Hall–Kier alpha value is -3.55. The summed E-state index contributed by atoms with van der Waals surface area (Å²) < 4.78 is 14.0. The summed E-state index contributed by atoms with van der Waals surface area (Å²) in [6.07, 6.45) is 1.30. The van der Waals surface area contributed by atoms with Crippen molar-refractivity contribution in [1.29, 1.82) is 0 Å². The number of fused-ring (bicyclic) bond motifs is 1. The molecule has 0 bridgehead atoms. The van der Waals surface area contributed by atoms with Gasteiger partial charge in [0, 0.05) is 6.54 Å². The van der Waals surface area contributed by atoms with Gasteiger partial charge in [-0.2, -0.15) is 0 Å². The Balaban J connectivity index is 1.51. The second-order valence-corrected chi connectivity index (χ2v) is 5.87. The third-order valence-corrected chi connectivity index (χ3v) is 3.89. The van der Waals surface area contributed by atoms with Gasteiger partial charge in [-0.1, -0.05) is 24.3 Å². The van der Waals surface area contributed by atoms with Crippen LogP contribution in [0.2, 0.25) is 0 Å². The number of carbonyl (C=O) groups excluding carboxylic acids is 2. The van der Waals surface area contributed by atoms with E-state index in [1.807, 2.05) is 0 Å². The third kappa shape index (κ3) is 4.75. The summed E-state index contributed by atoms with van der Waals surface area (Å²) in [5.74, 6) is -1.22. The van der Waals surface area contributed by atoms with Crippen LogP contribution in [0, 0.1) is 5.82 Å². The molecule has 0 unspecified atom stereocenters. The normalized spacial score (nSPS) is 10.6. The molecule has 0 aliphatic rings. The molecule has 7 nitrogen and oxygen atoms in total. The lowest BCUT2D eigenvalue weighted by molar-refractivity contribution is -0.126. The molecule has 8 heteroatoms. The molecule has 0 aliphatic carbocycles. The number of halogens is 1. The number of hydrogen-bond acceptors (Lipinski definition) is 4. The molecule has 3 aromatic rings. The van der Waals surface area contributed by atoms with Crippen molar-refractivity contribution in [1.82, 2.24) is 20.2 Å². The Morgan fingerprint density at radius 3 is 2.52 bits per heavy atom. The van der Waals surface area contributed by atoms with Gasteiger partial charge in [0.1, 0.15) is 12.4 Å². The van der Waals surface area contributed by atoms with Gasteiger partial charge in [0.2, 0.25) is 11.8 Å². The molecule has 2 aromatic carbocycles. The molecule has 0 atom stereocenters. The van der Waals surface area contributed by atoms with E-state index < -0.39 is 11.8 Å². The maximum Gasteiger partial charge on any atom is 0.261 e. The van der Waals surface area contributed by atoms with Crippen molar-refractivity contribution >= 4 is 22.7 Å². The Labute approximate surface area is 153 Å². The lowest BCUT2D eigenvalue weighted by Crippen LogP contribution is -2.39. The fraction of sp³-hybridized carbons (Fsp3) is 0.158. The van der Waals surface area contributed by atoms with E-state index in [1.165, 1.54) is 23.0 Å². The largest absolute Gasteiger partial charge is 0.350 e. The highest BCUT2D eigenvalue weighted by atomic mass is 19.1. The minimum Gasteiger partial charge on any atom is -0.350 e. The van der Waals surface area contributed by atoms with E-state index in [2.05, 4.69) is 15.6 Å². The Kier molecular flexibility index (Phi) is 5.55. The summed E-state index contributed by atoms with van der Waals surface area (Å²) in [6, 6.07) is 12.6. The highest BCUT2D eigenvalue weighted by Gasteiger charge is 2.09. The Morgan fingerprint density at radius 2 is 1.74 bits per heavy atom. The second-order valence-electron chi connectivity index (χ2n) is 5.87. The number of aromatic nitrogens is 2. The lowest BCUT2D eigenvalue weighted by Gasteiger charge is -2.09. The predicted molar refractivity (Wildman–Crippen MR) is 97.3 cm³/mol. The van der Waals surface area contributed by atoms with Crippen molar-refractivity contribution in [2.45, 2.75) is 13.1 Å². The number of benzene rings is 2.